The molecule has 0 aliphatic heterocycles. The Hall–Kier alpha value is -1.14. The SMILES string of the molecule is CCC=CC=C(C)N=C=O. The Morgan fingerprint density at radius 1 is 1.70 bits per heavy atom. The number of rotatable bonds is 3. The number of aliphatic imine (C=N–C) groups is 1. The minimum Gasteiger partial charge on any atom is -0.211 e. The Balaban J connectivity index is 3.91. The summed E-state index contributed by atoms with van der Waals surface area (Å²) < 4.78 is 0. The van der Waals surface area contributed by atoms with Gasteiger partial charge in [-0.15, -0.1) is 0 Å². The van der Waals surface area contributed by atoms with Gasteiger partial charge in [-0.3, -0.25) is 0 Å². The van der Waals surface area contributed by atoms with E-state index in [1.807, 2.05) is 19.1 Å². The maximum absolute atomic E-state index is 9.69. The molecular weight excluding hydrogens is 126 g/mol. The fraction of sp³-hybridized carbons (Fsp3) is 0.375. The molecule has 0 amide bonds. The van der Waals surface area contributed by atoms with E-state index in [2.05, 4.69) is 4.99 Å². The predicted octanol–water partition coefficient (Wildman–Crippen LogP) is 2.19. The molecule has 0 radical (unpaired) electrons. The molecule has 0 unspecified atom stereocenters. The predicted molar refractivity (Wildman–Crippen MR) is 41.3 cm³/mol. The van der Waals surface area contributed by atoms with Crippen LogP contribution >= 0.6 is 0 Å². The molecule has 0 fully saturated rings. The zero-order valence-corrected chi connectivity index (χ0v) is 6.29. The fourth-order valence-electron chi connectivity index (χ4n) is 0.453. The van der Waals surface area contributed by atoms with E-state index in [0.29, 0.717) is 5.70 Å². The third-order valence-electron chi connectivity index (χ3n) is 0.931. The highest BCUT2D eigenvalue weighted by Crippen LogP contribution is 1.92. The second-order valence-electron chi connectivity index (χ2n) is 1.85. The topological polar surface area (TPSA) is 29.4 Å². The van der Waals surface area contributed by atoms with Gasteiger partial charge in [0.15, 0.2) is 0 Å². The van der Waals surface area contributed by atoms with Crippen molar-refractivity contribution in [1.29, 1.82) is 0 Å². The van der Waals surface area contributed by atoms with E-state index in [-0.39, 0.29) is 0 Å². The minimum atomic E-state index is 0.680. The lowest BCUT2D eigenvalue weighted by atomic mass is 10.3. The van der Waals surface area contributed by atoms with Crippen molar-refractivity contribution in [2.45, 2.75) is 20.3 Å². The first kappa shape index (κ1) is 8.86. The van der Waals surface area contributed by atoms with Crippen LogP contribution in [0.2, 0.25) is 0 Å². The average molecular weight is 137 g/mol. The monoisotopic (exact) mass is 137 g/mol. The van der Waals surface area contributed by atoms with Gasteiger partial charge in [-0.2, -0.15) is 4.99 Å². The first-order valence-corrected chi connectivity index (χ1v) is 3.22. The number of hydrogen-bond acceptors (Lipinski definition) is 2. The van der Waals surface area contributed by atoms with E-state index in [0.717, 1.165) is 6.42 Å². The van der Waals surface area contributed by atoms with Crippen molar-refractivity contribution >= 4 is 6.08 Å². The number of hydrogen-bond donors (Lipinski definition) is 0. The van der Waals surface area contributed by atoms with Crippen LogP contribution in [0, 0.1) is 0 Å². The van der Waals surface area contributed by atoms with Crippen molar-refractivity contribution in [3.63, 3.8) is 0 Å². The molecule has 10 heavy (non-hydrogen) atoms. The highest BCUT2D eigenvalue weighted by atomic mass is 16.1. The summed E-state index contributed by atoms with van der Waals surface area (Å²) in [6.07, 6.45) is 8.10. The highest BCUT2D eigenvalue weighted by Gasteiger charge is 1.76. The third-order valence-corrected chi connectivity index (χ3v) is 0.931. The second-order valence-corrected chi connectivity index (χ2v) is 1.85. The Morgan fingerprint density at radius 3 is 2.90 bits per heavy atom. The summed E-state index contributed by atoms with van der Waals surface area (Å²) in [4.78, 5) is 13.1. The molecule has 0 aromatic carbocycles. The molecule has 0 aliphatic carbocycles. The molecular formula is C8H11NO. The van der Waals surface area contributed by atoms with Crippen molar-refractivity contribution < 1.29 is 4.79 Å². The van der Waals surface area contributed by atoms with E-state index < -0.39 is 0 Å². The van der Waals surface area contributed by atoms with Crippen molar-refractivity contribution in [2.75, 3.05) is 0 Å². The van der Waals surface area contributed by atoms with Crippen LogP contribution in [0.4, 0.5) is 0 Å². The summed E-state index contributed by atoms with van der Waals surface area (Å²) in [5.41, 5.74) is 0.680. The number of allylic oxidation sites excluding steroid dienone is 4. The molecule has 2 nitrogen and oxygen atoms in total. The lowest BCUT2D eigenvalue weighted by molar-refractivity contribution is 0.564. The van der Waals surface area contributed by atoms with E-state index >= 15 is 0 Å². The largest absolute Gasteiger partial charge is 0.240 e. The number of isocyanates is 1. The summed E-state index contributed by atoms with van der Waals surface area (Å²) in [5.74, 6) is 0. The highest BCUT2D eigenvalue weighted by molar-refractivity contribution is 5.37. The van der Waals surface area contributed by atoms with Gasteiger partial charge in [0.25, 0.3) is 0 Å². The molecule has 0 saturated carbocycles. The molecule has 54 valence electrons. The number of nitrogens with zero attached hydrogens (tertiary/aromatic N) is 1. The van der Waals surface area contributed by atoms with Crippen LogP contribution in [0.5, 0.6) is 0 Å². The molecule has 0 atom stereocenters. The Bertz CT molecular complexity index is 185. The molecule has 0 heterocycles. The van der Waals surface area contributed by atoms with Crippen LogP contribution in [-0.4, -0.2) is 6.08 Å². The van der Waals surface area contributed by atoms with Crippen LogP contribution in [0.1, 0.15) is 20.3 Å². The zero-order chi connectivity index (χ0) is 7.82. The Kier molecular flexibility index (Phi) is 5.30. The quantitative estimate of drug-likeness (QED) is 0.333. The van der Waals surface area contributed by atoms with Gasteiger partial charge < -0.3 is 0 Å². The summed E-state index contributed by atoms with van der Waals surface area (Å²) in [6.45, 7) is 3.80. The lowest BCUT2D eigenvalue weighted by Crippen LogP contribution is -1.64. The molecule has 0 N–H and O–H groups in total. The first-order chi connectivity index (χ1) is 4.81. The van der Waals surface area contributed by atoms with Crippen molar-refractivity contribution in [3.05, 3.63) is 23.9 Å². The maximum Gasteiger partial charge on any atom is 0.240 e. The molecule has 0 aliphatic rings. The van der Waals surface area contributed by atoms with E-state index in [1.165, 1.54) is 6.08 Å². The van der Waals surface area contributed by atoms with Gasteiger partial charge in [0.1, 0.15) is 0 Å². The van der Waals surface area contributed by atoms with Crippen molar-refractivity contribution in [3.8, 4) is 0 Å². The van der Waals surface area contributed by atoms with Gasteiger partial charge in [-0.05, 0) is 19.4 Å². The van der Waals surface area contributed by atoms with E-state index in [4.69, 9.17) is 0 Å². The summed E-state index contributed by atoms with van der Waals surface area (Å²) in [5, 5.41) is 0. The second kappa shape index (κ2) is 5.99. The molecule has 0 aromatic rings. The van der Waals surface area contributed by atoms with E-state index in [9.17, 15) is 4.79 Å². The zero-order valence-electron chi connectivity index (χ0n) is 6.29. The molecule has 0 aromatic heterocycles. The molecule has 0 bridgehead atoms. The molecule has 0 rings (SSSR count). The molecule has 2 heteroatoms. The van der Waals surface area contributed by atoms with Gasteiger partial charge >= 0.3 is 0 Å². The van der Waals surface area contributed by atoms with Crippen LogP contribution < -0.4 is 0 Å². The van der Waals surface area contributed by atoms with Crippen LogP contribution in [-0.2, 0) is 4.79 Å². The lowest BCUT2D eigenvalue weighted by Gasteiger charge is -1.80. The van der Waals surface area contributed by atoms with Crippen molar-refractivity contribution in [2.24, 2.45) is 4.99 Å². The molecule has 0 spiro atoms. The molecule has 0 saturated heterocycles. The maximum atomic E-state index is 9.69. The van der Waals surface area contributed by atoms with Crippen LogP contribution in [0.25, 0.3) is 0 Å². The van der Waals surface area contributed by atoms with Gasteiger partial charge in [0, 0.05) is 0 Å². The van der Waals surface area contributed by atoms with Gasteiger partial charge in [-0.1, -0.05) is 19.1 Å². The minimum absolute atomic E-state index is 0.680. The first-order valence-electron chi connectivity index (χ1n) is 3.22. The smallest absolute Gasteiger partial charge is 0.211 e. The standard InChI is InChI=1S/C8H11NO/c1-3-4-5-6-8(2)9-7-10/h4-6H,3H2,1-2H3. The van der Waals surface area contributed by atoms with Crippen LogP contribution in [0.15, 0.2) is 28.9 Å². The normalized spacial score (nSPS) is 11.6. The Morgan fingerprint density at radius 2 is 2.40 bits per heavy atom. The summed E-state index contributed by atoms with van der Waals surface area (Å²) in [7, 11) is 0. The third kappa shape index (κ3) is 5.01. The summed E-state index contributed by atoms with van der Waals surface area (Å²) in [6, 6.07) is 0. The number of carbonyl (C=O) groups excluding carboxylic acids is 1. The average Bonchev–Trinajstić information content (AvgIpc) is 1.89. The van der Waals surface area contributed by atoms with Gasteiger partial charge in [0.05, 0.1) is 5.70 Å². The fourth-order valence-corrected chi connectivity index (χ4v) is 0.453. The van der Waals surface area contributed by atoms with Crippen molar-refractivity contribution in [1.82, 2.24) is 0 Å². The van der Waals surface area contributed by atoms with Gasteiger partial charge in [-0.25, -0.2) is 4.79 Å². The Labute approximate surface area is 61.0 Å². The van der Waals surface area contributed by atoms with Gasteiger partial charge in [0.2, 0.25) is 6.08 Å². The summed E-state index contributed by atoms with van der Waals surface area (Å²) >= 11 is 0. The van der Waals surface area contributed by atoms with E-state index in [1.54, 1.807) is 13.0 Å². The van der Waals surface area contributed by atoms with Crippen LogP contribution in [0.3, 0.4) is 0 Å².